The molecule has 1 heterocycles. The van der Waals surface area contributed by atoms with Crippen LogP contribution in [0.4, 0.5) is 5.69 Å². The molecular formula is C26H27ClN2. The van der Waals surface area contributed by atoms with E-state index < -0.39 is 0 Å². The van der Waals surface area contributed by atoms with E-state index in [9.17, 15) is 0 Å². The van der Waals surface area contributed by atoms with Gasteiger partial charge in [0.1, 0.15) is 0 Å². The van der Waals surface area contributed by atoms with Crippen molar-refractivity contribution in [3.63, 3.8) is 0 Å². The van der Waals surface area contributed by atoms with E-state index in [4.69, 9.17) is 11.6 Å². The van der Waals surface area contributed by atoms with Crippen LogP contribution < -0.4 is 10.2 Å². The van der Waals surface area contributed by atoms with E-state index in [1.807, 2.05) is 0 Å². The predicted octanol–water partition coefficient (Wildman–Crippen LogP) is 5.68. The number of hydrogen-bond donors (Lipinski definition) is 1. The first-order valence-corrected chi connectivity index (χ1v) is 10.9. The Morgan fingerprint density at radius 3 is 1.86 bits per heavy atom. The molecule has 1 aliphatic rings. The lowest BCUT2D eigenvalue weighted by molar-refractivity contribution is 0.589. The number of benzene rings is 3. The number of allylic oxidation sites excluding steroid dienone is 1. The lowest BCUT2D eigenvalue weighted by Crippen LogP contribution is -2.43. The summed E-state index contributed by atoms with van der Waals surface area (Å²) in [6.07, 6.45) is 0.829. The Labute approximate surface area is 178 Å². The average molecular weight is 403 g/mol. The van der Waals surface area contributed by atoms with E-state index in [-0.39, 0.29) is 0 Å². The van der Waals surface area contributed by atoms with Crippen molar-refractivity contribution in [1.82, 2.24) is 5.32 Å². The fourth-order valence-corrected chi connectivity index (χ4v) is 4.22. The molecule has 0 aromatic heterocycles. The van der Waals surface area contributed by atoms with Gasteiger partial charge < -0.3 is 10.2 Å². The molecule has 3 aromatic carbocycles. The maximum absolute atomic E-state index is 6.25. The third-order valence-corrected chi connectivity index (χ3v) is 5.66. The summed E-state index contributed by atoms with van der Waals surface area (Å²) in [6, 6.07) is 30.3. The number of anilines is 1. The molecule has 0 saturated carbocycles. The van der Waals surface area contributed by atoms with Crippen molar-refractivity contribution in [2.45, 2.75) is 6.42 Å². The van der Waals surface area contributed by atoms with E-state index in [0.29, 0.717) is 5.88 Å². The topological polar surface area (TPSA) is 15.3 Å². The standard InChI is InChI=1S/C26H27ClN2/c27-16-15-25(21-7-3-1-4-8-21)26(22-9-5-2-6-10-22)23-11-13-24(14-12-23)29-19-17-28-18-20-29/h1-14,28H,15-20H2/b26-25-. The van der Waals surface area contributed by atoms with Gasteiger partial charge in [0.2, 0.25) is 0 Å². The Morgan fingerprint density at radius 1 is 0.724 bits per heavy atom. The summed E-state index contributed by atoms with van der Waals surface area (Å²) in [4.78, 5) is 2.45. The smallest absolute Gasteiger partial charge is 0.0367 e. The monoisotopic (exact) mass is 402 g/mol. The van der Waals surface area contributed by atoms with Crippen LogP contribution in [0.2, 0.25) is 0 Å². The summed E-state index contributed by atoms with van der Waals surface area (Å²) in [5.74, 6) is 0.597. The Hall–Kier alpha value is -2.55. The first-order chi connectivity index (χ1) is 14.4. The number of hydrogen-bond acceptors (Lipinski definition) is 2. The predicted molar refractivity (Wildman–Crippen MR) is 126 cm³/mol. The van der Waals surface area contributed by atoms with Crippen LogP contribution >= 0.6 is 11.6 Å². The number of nitrogens with zero attached hydrogens (tertiary/aromatic N) is 1. The van der Waals surface area contributed by atoms with Crippen molar-refractivity contribution >= 4 is 28.4 Å². The molecule has 3 aromatic rings. The summed E-state index contributed by atoms with van der Waals surface area (Å²) in [7, 11) is 0. The van der Waals surface area contributed by atoms with Gasteiger partial charge in [-0.15, -0.1) is 11.6 Å². The van der Waals surface area contributed by atoms with Crippen molar-refractivity contribution < 1.29 is 0 Å². The maximum atomic E-state index is 6.25. The van der Waals surface area contributed by atoms with E-state index in [0.717, 1.165) is 32.6 Å². The van der Waals surface area contributed by atoms with Crippen LogP contribution in [0.15, 0.2) is 84.9 Å². The molecule has 148 valence electrons. The van der Waals surface area contributed by atoms with Crippen LogP contribution in [-0.2, 0) is 0 Å². The van der Waals surface area contributed by atoms with Crippen LogP contribution in [0.3, 0.4) is 0 Å². The zero-order chi connectivity index (χ0) is 19.9. The molecule has 1 N–H and O–H groups in total. The van der Waals surface area contributed by atoms with Gasteiger partial charge >= 0.3 is 0 Å². The van der Waals surface area contributed by atoms with Crippen molar-refractivity contribution in [3.05, 3.63) is 102 Å². The van der Waals surface area contributed by atoms with Crippen molar-refractivity contribution in [2.75, 3.05) is 37.0 Å². The van der Waals surface area contributed by atoms with Crippen LogP contribution in [-0.4, -0.2) is 32.1 Å². The summed E-state index contributed by atoms with van der Waals surface area (Å²) in [6.45, 7) is 4.21. The molecule has 0 atom stereocenters. The quantitative estimate of drug-likeness (QED) is 0.421. The first kappa shape index (κ1) is 19.8. The Kier molecular flexibility index (Phi) is 6.66. The lowest BCUT2D eigenvalue weighted by Gasteiger charge is -2.29. The van der Waals surface area contributed by atoms with Crippen molar-refractivity contribution in [3.8, 4) is 0 Å². The molecule has 1 fully saturated rings. The zero-order valence-corrected chi connectivity index (χ0v) is 17.4. The first-order valence-electron chi connectivity index (χ1n) is 10.3. The number of rotatable bonds is 6. The van der Waals surface area contributed by atoms with E-state index in [2.05, 4.69) is 95.1 Å². The highest BCUT2D eigenvalue weighted by Gasteiger charge is 2.15. The van der Waals surface area contributed by atoms with Gasteiger partial charge in [-0.1, -0.05) is 72.8 Å². The molecule has 0 spiro atoms. The van der Waals surface area contributed by atoms with Gasteiger partial charge in [-0.05, 0) is 46.4 Å². The fourth-order valence-electron chi connectivity index (χ4n) is 4.03. The molecule has 1 saturated heterocycles. The second kappa shape index (κ2) is 9.78. The number of piperazine rings is 1. The SMILES string of the molecule is ClCC/C(=C(\c1ccccc1)c1ccc(N2CCNCC2)cc1)c1ccccc1. The summed E-state index contributed by atoms with van der Waals surface area (Å²) in [5.41, 5.74) is 7.55. The lowest BCUT2D eigenvalue weighted by atomic mass is 9.88. The third kappa shape index (κ3) is 4.72. The van der Waals surface area contributed by atoms with Crippen LogP contribution in [0.5, 0.6) is 0 Å². The minimum Gasteiger partial charge on any atom is -0.369 e. The summed E-state index contributed by atoms with van der Waals surface area (Å²) >= 11 is 6.25. The zero-order valence-electron chi connectivity index (χ0n) is 16.7. The number of alkyl halides is 1. The molecule has 1 aliphatic heterocycles. The van der Waals surface area contributed by atoms with Crippen LogP contribution in [0.25, 0.3) is 11.1 Å². The molecule has 0 bridgehead atoms. The normalized spacial score (nSPS) is 15.1. The highest BCUT2D eigenvalue weighted by molar-refractivity contribution is 6.18. The molecule has 0 radical (unpaired) electrons. The molecule has 0 aliphatic carbocycles. The van der Waals surface area contributed by atoms with Gasteiger partial charge in [0.25, 0.3) is 0 Å². The Bertz CT molecular complexity index is 927. The number of halogens is 1. The van der Waals surface area contributed by atoms with E-state index in [1.165, 1.54) is 33.5 Å². The van der Waals surface area contributed by atoms with E-state index >= 15 is 0 Å². The minimum absolute atomic E-state index is 0.597. The second-order valence-electron chi connectivity index (χ2n) is 7.31. The Balaban J connectivity index is 1.80. The van der Waals surface area contributed by atoms with Crippen LogP contribution in [0.1, 0.15) is 23.1 Å². The average Bonchev–Trinajstić information content (AvgIpc) is 2.81. The molecule has 4 rings (SSSR count). The summed E-state index contributed by atoms with van der Waals surface area (Å²) < 4.78 is 0. The van der Waals surface area contributed by atoms with Gasteiger partial charge in [0, 0.05) is 37.7 Å². The second-order valence-corrected chi connectivity index (χ2v) is 7.69. The van der Waals surface area contributed by atoms with Gasteiger partial charge in [-0.25, -0.2) is 0 Å². The van der Waals surface area contributed by atoms with Gasteiger partial charge in [-0.2, -0.15) is 0 Å². The largest absolute Gasteiger partial charge is 0.369 e. The highest BCUT2D eigenvalue weighted by atomic mass is 35.5. The van der Waals surface area contributed by atoms with Crippen molar-refractivity contribution in [2.24, 2.45) is 0 Å². The van der Waals surface area contributed by atoms with Crippen molar-refractivity contribution in [1.29, 1.82) is 0 Å². The van der Waals surface area contributed by atoms with Gasteiger partial charge in [0.15, 0.2) is 0 Å². The van der Waals surface area contributed by atoms with Gasteiger partial charge in [-0.3, -0.25) is 0 Å². The molecular weight excluding hydrogens is 376 g/mol. The molecule has 3 heteroatoms. The Morgan fingerprint density at radius 2 is 1.28 bits per heavy atom. The highest BCUT2D eigenvalue weighted by Crippen LogP contribution is 2.35. The molecule has 0 unspecified atom stereocenters. The summed E-state index contributed by atoms with van der Waals surface area (Å²) in [5, 5.41) is 3.42. The third-order valence-electron chi connectivity index (χ3n) is 5.47. The molecule has 2 nitrogen and oxygen atoms in total. The van der Waals surface area contributed by atoms with Crippen LogP contribution in [0, 0.1) is 0 Å². The molecule has 29 heavy (non-hydrogen) atoms. The molecule has 0 amide bonds. The van der Waals surface area contributed by atoms with Gasteiger partial charge in [0.05, 0.1) is 0 Å². The fraction of sp³-hybridized carbons (Fsp3) is 0.231. The van der Waals surface area contributed by atoms with E-state index in [1.54, 1.807) is 0 Å². The maximum Gasteiger partial charge on any atom is 0.0367 e. The minimum atomic E-state index is 0.597. The number of nitrogens with one attached hydrogen (secondary N) is 1.